The predicted molar refractivity (Wildman–Crippen MR) is 101 cm³/mol. The standard InChI is InChI=1S/C20H19F7N2O4/c1-31-9-10-32-11-12-33-18(19(22,23)24,20(25,26)27)14-4-6-15(7-5-14)29(13-30)16-3-2-8-28-17(16)21/h2-8,13H,9-12H2,1H3. The summed E-state index contributed by atoms with van der Waals surface area (Å²) in [5.74, 6) is -1.06. The van der Waals surface area contributed by atoms with Crippen molar-refractivity contribution in [3.05, 3.63) is 54.1 Å². The minimum atomic E-state index is -5.89. The number of ether oxygens (including phenoxy) is 3. The van der Waals surface area contributed by atoms with Crippen LogP contribution in [0.2, 0.25) is 0 Å². The summed E-state index contributed by atoms with van der Waals surface area (Å²) in [5, 5.41) is 0. The molecular formula is C20H19F7N2O4. The second-order valence-corrected chi connectivity index (χ2v) is 6.47. The zero-order valence-electron chi connectivity index (χ0n) is 17.1. The summed E-state index contributed by atoms with van der Waals surface area (Å²) in [6.45, 7) is -1.53. The third-order valence-electron chi connectivity index (χ3n) is 4.43. The van der Waals surface area contributed by atoms with Crippen LogP contribution in [0.25, 0.3) is 0 Å². The van der Waals surface area contributed by atoms with Crippen molar-refractivity contribution in [2.45, 2.75) is 18.0 Å². The minimum Gasteiger partial charge on any atom is -0.382 e. The number of anilines is 2. The Kier molecular flexibility index (Phi) is 8.75. The number of hydrogen-bond acceptors (Lipinski definition) is 5. The number of nitrogens with zero attached hydrogens (tertiary/aromatic N) is 2. The van der Waals surface area contributed by atoms with Crippen molar-refractivity contribution >= 4 is 17.8 Å². The molecule has 0 atom stereocenters. The lowest BCUT2D eigenvalue weighted by atomic mass is 9.91. The van der Waals surface area contributed by atoms with Crippen LogP contribution in [0.1, 0.15) is 5.56 Å². The number of pyridine rings is 1. The first-order valence-electron chi connectivity index (χ1n) is 9.29. The molecule has 0 radical (unpaired) electrons. The lowest BCUT2D eigenvalue weighted by Crippen LogP contribution is -2.56. The molecule has 2 rings (SSSR count). The Labute approximate surface area is 183 Å². The van der Waals surface area contributed by atoms with Crippen molar-refractivity contribution in [2.24, 2.45) is 0 Å². The average Bonchev–Trinajstić information content (AvgIpc) is 2.74. The topological polar surface area (TPSA) is 60.9 Å². The summed E-state index contributed by atoms with van der Waals surface area (Å²) < 4.78 is 111. The number of benzene rings is 1. The summed E-state index contributed by atoms with van der Waals surface area (Å²) in [4.78, 5) is 15.5. The fourth-order valence-corrected chi connectivity index (χ4v) is 2.90. The molecule has 1 heterocycles. The Morgan fingerprint density at radius 1 is 0.939 bits per heavy atom. The van der Waals surface area contributed by atoms with Crippen LogP contribution in [0.15, 0.2) is 42.6 Å². The van der Waals surface area contributed by atoms with Gasteiger partial charge in [-0.1, -0.05) is 12.1 Å². The fourth-order valence-electron chi connectivity index (χ4n) is 2.90. The molecule has 2 aromatic rings. The SMILES string of the molecule is COCCOCCOC(c1ccc(N(C=O)c2cccnc2F)cc1)(C(F)(F)F)C(F)(F)F. The number of carbonyl (C=O) groups excluding carboxylic acids is 1. The van der Waals surface area contributed by atoms with E-state index >= 15 is 0 Å². The third kappa shape index (κ3) is 5.78. The first-order chi connectivity index (χ1) is 15.5. The first kappa shape index (κ1) is 26.5. The molecule has 1 aromatic heterocycles. The van der Waals surface area contributed by atoms with E-state index in [4.69, 9.17) is 4.74 Å². The van der Waals surface area contributed by atoms with Crippen molar-refractivity contribution < 1.29 is 49.7 Å². The number of methoxy groups -OCH3 is 1. The van der Waals surface area contributed by atoms with Crippen LogP contribution < -0.4 is 4.90 Å². The zero-order chi connectivity index (χ0) is 24.7. The third-order valence-corrected chi connectivity index (χ3v) is 4.43. The van der Waals surface area contributed by atoms with Crippen LogP contribution >= 0.6 is 0 Å². The van der Waals surface area contributed by atoms with Crippen LogP contribution in [0.3, 0.4) is 0 Å². The molecule has 182 valence electrons. The predicted octanol–water partition coefficient (Wildman–Crippen LogP) is 4.51. The lowest BCUT2D eigenvalue weighted by molar-refractivity contribution is -0.390. The molecule has 0 aliphatic carbocycles. The molecule has 0 unspecified atom stereocenters. The van der Waals surface area contributed by atoms with Crippen molar-refractivity contribution in [3.63, 3.8) is 0 Å². The molecule has 6 nitrogen and oxygen atoms in total. The molecule has 0 saturated heterocycles. The molecule has 0 spiro atoms. The van der Waals surface area contributed by atoms with Gasteiger partial charge < -0.3 is 14.2 Å². The van der Waals surface area contributed by atoms with Gasteiger partial charge in [0.25, 0.3) is 5.60 Å². The van der Waals surface area contributed by atoms with Gasteiger partial charge in [-0.2, -0.15) is 30.7 Å². The summed E-state index contributed by atoms with van der Waals surface area (Å²) in [6, 6.07) is 5.08. The quantitative estimate of drug-likeness (QED) is 0.203. The van der Waals surface area contributed by atoms with Gasteiger partial charge in [0.05, 0.1) is 26.4 Å². The van der Waals surface area contributed by atoms with Gasteiger partial charge >= 0.3 is 12.4 Å². The van der Waals surface area contributed by atoms with E-state index in [0.29, 0.717) is 17.0 Å². The second kappa shape index (κ2) is 10.9. The first-order valence-corrected chi connectivity index (χ1v) is 9.29. The number of halogens is 7. The van der Waals surface area contributed by atoms with Crippen molar-refractivity contribution in [2.75, 3.05) is 38.4 Å². The Morgan fingerprint density at radius 3 is 2.06 bits per heavy atom. The highest BCUT2D eigenvalue weighted by Crippen LogP contribution is 2.53. The van der Waals surface area contributed by atoms with Gasteiger partial charge in [-0.3, -0.25) is 9.69 Å². The molecule has 0 aliphatic heterocycles. The van der Waals surface area contributed by atoms with E-state index in [1.807, 2.05) is 0 Å². The van der Waals surface area contributed by atoms with E-state index in [9.17, 15) is 35.5 Å². The highest BCUT2D eigenvalue weighted by molar-refractivity contribution is 5.86. The maximum Gasteiger partial charge on any atom is 0.430 e. The van der Waals surface area contributed by atoms with Gasteiger partial charge in [0.2, 0.25) is 12.4 Å². The fraction of sp³-hybridized carbons (Fsp3) is 0.400. The van der Waals surface area contributed by atoms with Crippen LogP contribution in [-0.2, 0) is 24.6 Å². The summed E-state index contributed by atoms with van der Waals surface area (Å²) in [7, 11) is 1.34. The number of carbonyl (C=O) groups is 1. The van der Waals surface area contributed by atoms with E-state index in [1.165, 1.54) is 13.2 Å². The van der Waals surface area contributed by atoms with E-state index in [-0.39, 0.29) is 31.0 Å². The normalized spacial score (nSPS) is 12.6. The maximum atomic E-state index is 13.9. The van der Waals surface area contributed by atoms with Crippen molar-refractivity contribution in [1.29, 1.82) is 0 Å². The van der Waals surface area contributed by atoms with E-state index in [2.05, 4.69) is 14.5 Å². The van der Waals surface area contributed by atoms with Crippen molar-refractivity contribution in [3.8, 4) is 0 Å². The highest BCUT2D eigenvalue weighted by Gasteiger charge is 2.73. The summed E-state index contributed by atoms with van der Waals surface area (Å²) in [5.41, 5.74) is -6.47. The number of rotatable bonds is 11. The zero-order valence-corrected chi connectivity index (χ0v) is 17.1. The van der Waals surface area contributed by atoms with Gasteiger partial charge in [-0.05, 0) is 24.3 Å². The molecule has 13 heteroatoms. The molecule has 0 bridgehead atoms. The number of hydrogen-bond donors (Lipinski definition) is 0. The minimum absolute atomic E-state index is 0.0496. The molecular weight excluding hydrogens is 465 g/mol. The van der Waals surface area contributed by atoms with E-state index < -0.39 is 42.7 Å². The molecule has 33 heavy (non-hydrogen) atoms. The van der Waals surface area contributed by atoms with Crippen LogP contribution in [0.5, 0.6) is 0 Å². The van der Waals surface area contributed by atoms with Gasteiger partial charge in [0.15, 0.2) is 0 Å². The van der Waals surface area contributed by atoms with E-state index in [0.717, 1.165) is 24.4 Å². The smallest absolute Gasteiger partial charge is 0.382 e. The molecule has 0 fully saturated rings. The molecule has 0 N–H and O–H groups in total. The van der Waals surface area contributed by atoms with Crippen LogP contribution in [0.4, 0.5) is 42.1 Å². The maximum absolute atomic E-state index is 13.9. The number of aromatic nitrogens is 1. The largest absolute Gasteiger partial charge is 0.430 e. The Morgan fingerprint density at radius 2 is 1.55 bits per heavy atom. The Hall–Kier alpha value is -2.77. The summed E-state index contributed by atoms with van der Waals surface area (Å²) >= 11 is 0. The number of amides is 1. The molecule has 1 aromatic carbocycles. The Bertz CT molecular complexity index is 891. The van der Waals surface area contributed by atoms with Gasteiger partial charge in [0, 0.05) is 24.6 Å². The van der Waals surface area contributed by atoms with Gasteiger partial charge in [0.1, 0.15) is 5.69 Å². The molecule has 0 aliphatic rings. The summed E-state index contributed by atoms with van der Waals surface area (Å²) in [6.07, 6.45) is -10.5. The number of alkyl halides is 6. The van der Waals surface area contributed by atoms with Crippen LogP contribution in [-0.4, -0.2) is 57.3 Å². The Balaban J connectivity index is 2.41. The average molecular weight is 484 g/mol. The second-order valence-electron chi connectivity index (χ2n) is 6.47. The molecule has 0 saturated carbocycles. The van der Waals surface area contributed by atoms with Gasteiger partial charge in [-0.15, -0.1) is 0 Å². The molecule has 1 amide bonds. The van der Waals surface area contributed by atoms with Crippen molar-refractivity contribution in [1.82, 2.24) is 4.98 Å². The lowest BCUT2D eigenvalue weighted by Gasteiger charge is -2.37. The van der Waals surface area contributed by atoms with Crippen LogP contribution in [0, 0.1) is 5.95 Å². The van der Waals surface area contributed by atoms with E-state index in [1.54, 1.807) is 0 Å². The van der Waals surface area contributed by atoms with Gasteiger partial charge in [-0.25, -0.2) is 4.98 Å². The highest BCUT2D eigenvalue weighted by atomic mass is 19.4. The monoisotopic (exact) mass is 484 g/mol.